The molecule has 2 aromatic carbocycles. The van der Waals surface area contributed by atoms with Crippen molar-refractivity contribution >= 4 is 11.8 Å². The fourth-order valence-electron chi connectivity index (χ4n) is 3.76. The van der Waals surface area contributed by atoms with Gasteiger partial charge in [-0.1, -0.05) is 50.2 Å². The Morgan fingerprint density at radius 2 is 1.62 bits per heavy atom. The standard InChI is InChI=1S/C27H39N3O4/c1-4-14-30(15-5-2)27(34)23-13-9-12-22(17-23)26(33)29-24(16-21-10-7-6-8-11-21)25(32)18-28-20(3)19-31/h6-13,17,20,24-25,28,31-32H,4-5,14-16,18-19H2,1-3H3,(H,29,33)/t20-,24+,25-/m1/s1. The zero-order valence-corrected chi connectivity index (χ0v) is 20.5. The van der Waals surface area contributed by atoms with E-state index >= 15 is 0 Å². The van der Waals surface area contributed by atoms with Gasteiger partial charge in [0.15, 0.2) is 0 Å². The molecule has 2 rings (SSSR count). The minimum absolute atomic E-state index is 0.0453. The highest BCUT2D eigenvalue weighted by Gasteiger charge is 2.24. The van der Waals surface area contributed by atoms with E-state index in [2.05, 4.69) is 10.6 Å². The first-order valence-electron chi connectivity index (χ1n) is 12.2. The van der Waals surface area contributed by atoms with Gasteiger partial charge in [0.25, 0.3) is 11.8 Å². The molecule has 2 amide bonds. The fraction of sp³-hybridized carbons (Fsp3) is 0.481. The molecule has 2 aromatic rings. The summed E-state index contributed by atoms with van der Waals surface area (Å²) >= 11 is 0. The second kappa shape index (κ2) is 14.5. The molecule has 0 aliphatic carbocycles. The number of hydrogen-bond donors (Lipinski definition) is 4. The Balaban J connectivity index is 2.18. The summed E-state index contributed by atoms with van der Waals surface area (Å²) in [4.78, 5) is 27.9. The Morgan fingerprint density at radius 3 is 2.24 bits per heavy atom. The van der Waals surface area contributed by atoms with Crippen LogP contribution < -0.4 is 10.6 Å². The molecule has 0 radical (unpaired) electrons. The molecule has 4 N–H and O–H groups in total. The van der Waals surface area contributed by atoms with Crippen molar-refractivity contribution in [2.75, 3.05) is 26.2 Å². The second-order valence-electron chi connectivity index (χ2n) is 8.70. The van der Waals surface area contributed by atoms with Crippen LogP contribution in [0.25, 0.3) is 0 Å². The molecule has 0 saturated heterocycles. The molecule has 0 aliphatic rings. The molecule has 0 aromatic heterocycles. The van der Waals surface area contributed by atoms with Gasteiger partial charge in [-0.15, -0.1) is 0 Å². The summed E-state index contributed by atoms with van der Waals surface area (Å²) in [6.45, 7) is 7.42. The van der Waals surface area contributed by atoms with E-state index in [1.54, 1.807) is 24.3 Å². The SMILES string of the molecule is CCCN(CCC)C(=O)c1cccc(C(=O)N[C@@H](Cc2ccccc2)[C@H](O)CN[C@H](C)CO)c1. The van der Waals surface area contributed by atoms with E-state index in [4.69, 9.17) is 0 Å². The fourth-order valence-corrected chi connectivity index (χ4v) is 3.76. The summed E-state index contributed by atoms with van der Waals surface area (Å²) in [6, 6.07) is 15.7. The molecule has 7 heteroatoms. The number of nitrogens with zero attached hydrogens (tertiary/aromatic N) is 1. The summed E-state index contributed by atoms with van der Waals surface area (Å²) in [5, 5.41) is 26.1. The number of aliphatic hydroxyl groups is 2. The molecule has 0 aliphatic heterocycles. The summed E-state index contributed by atoms with van der Waals surface area (Å²) in [5.74, 6) is -0.427. The summed E-state index contributed by atoms with van der Waals surface area (Å²) < 4.78 is 0. The monoisotopic (exact) mass is 469 g/mol. The summed E-state index contributed by atoms with van der Waals surface area (Å²) in [6.07, 6.45) is 1.32. The van der Waals surface area contributed by atoms with Crippen LogP contribution in [0.4, 0.5) is 0 Å². The van der Waals surface area contributed by atoms with E-state index in [0.29, 0.717) is 30.6 Å². The molecule has 3 atom stereocenters. The van der Waals surface area contributed by atoms with Crippen molar-refractivity contribution in [3.05, 3.63) is 71.3 Å². The Hall–Kier alpha value is -2.74. The van der Waals surface area contributed by atoms with E-state index in [1.807, 2.05) is 56.0 Å². The summed E-state index contributed by atoms with van der Waals surface area (Å²) in [5.41, 5.74) is 1.84. The van der Waals surface area contributed by atoms with Gasteiger partial charge >= 0.3 is 0 Å². The third-order valence-electron chi connectivity index (χ3n) is 5.67. The van der Waals surface area contributed by atoms with Gasteiger partial charge in [-0.2, -0.15) is 0 Å². The molecule has 0 unspecified atom stereocenters. The van der Waals surface area contributed by atoms with Crippen LogP contribution in [0.2, 0.25) is 0 Å². The van der Waals surface area contributed by atoms with Crippen LogP contribution in [-0.2, 0) is 6.42 Å². The van der Waals surface area contributed by atoms with Crippen molar-refractivity contribution in [1.29, 1.82) is 0 Å². The van der Waals surface area contributed by atoms with Crippen LogP contribution in [0.1, 0.15) is 59.9 Å². The molecule has 0 heterocycles. The highest BCUT2D eigenvalue weighted by Crippen LogP contribution is 2.12. The smallest absolute Gasteiger partial charge is 0.253 e. The molecular weight excluding hydrogens is 430 g/mol. The van der Waals surface area contributed by atoms with E-state index in [-0.39, 0.29) is 31.0 Å². The first-order valence-corrected chi connectivity index (χ1v) is 12.2. The zero-order chi connectivity index (χ0) is 24.9. The number of carbonyl (C=O) groups excluding carboxylic acids is 2. The largest absolute Gasteiger partial charge is 0.395 e. The van der Waals surface area contributed by atoms with Crippen LogP contribution in [0, 0.1) is 0 Å². The van der Waals surface area contributed by atoms with Crippen molar-refractivity contribution in [2.45, 2.75) is 58.2 Å². The first-order chi connectivity index (χ1) is 16.4. The normalized spacial score (nSPS) is 13.7. The number of benzene rings is 2. The molecule has 0 bridgehead atoms. The minimum Gasteiger partial charge on any atom is -0.395 e. The number of carbonyl (C=O) groups is 2. The number of amides is 2. The zero-order valence-electron chi connectivity index (χ0n) is 20.5. The van der Waals surface area contributed by atoms with Crippen molar-refractivity contribution in [2.24, 2.45) is 0 Å². The number of aliphatic hydroxyl groups excluding tert-OH is 2. The van der Waals surface area contributed by atoms with Crippen molar-refractivity contribution in [3.63, 3.8) is 0 Å². The van der Waals surface area contributed by atoms with Crippen LogP contribution in [-0.4, -0.2) is 71.4 Å². The lowest BCUT2D eigenvalue weighted by molar-refractivity contribution is 0.0755. The van der Waals surface area contributed by atoms with Crippen molar-refractivity contribution in [1.82, 2.24) is 15.5 Å². The molecular formula is C27H39N3O4. The average molecular weight is 470 g/mol. The highest BCUT2D eigenvalue weighted by atomic mass is 16.3. The van der Waals surface area contributed by atoms with Crippen LogP contribution >= 0.6 is 0 Å². The third kappa shape index (κ3) is 8.56. The van der Waals surface area contributed by atoms with Gasteiger partial charge in [-0.3, -0.25) is 9.59 Å². The third-order valence-corrected chi connectivity index (χ3v) is 5.67. The Labute approximate surface area is 203 Å². The maximum atomic E-state index is 13.1. The van der Waals surface area contributed by atoms with Crippen LogP contribution in [0.5, 0.6) is 0 Å². The van der Waals surface area contributed by atoms with Gasteiger partial charge in [-0.05, 0) is 49.9 Å². The van der Waals surface area contributed by atoms with E-state index < -0.39 is 12.1 Å². The van der Waals surface area contributed by atoms with Gasteiger partial charge in [-0.25, -0.2) is 0 Å². The second-order valence-corrected chi connectivity index (χ2v) is 8.70. The molecule has 7 nitrogen and oxygen atoms in total. The minimum atomic E-state index is -0.868. The summed E-state index contributed by atoms with van der Waals surface area (Å²) in [7, 11) is 0. The highest BCUT2D eigenvalue weighted by molar-refractivity contribution is 5.99. The van der Waals surface area contributed by atoms with Crippen LogP contribution in [0.15, 0.2) is 54.6 Å². The number of nitrogens with one attached hydrogen (secondary N) is 2. The van der Waals surface area contributed by atoms with Gasteiger partial charge in [0, 0.05) is 36.8 Å². The predicted octanol–water partition coefficient (Wildman–Crippen LogP) is 2.62. The Morgan fingerprint density at radius 1 is 0.971 bits per heavy atom. The first kappa shape index (κ1) is 27.5. The van der Waals surface area contributed by atoms with Crippen LogP contribution in [0.3, 0.4) is 0 Å². The number of hydrogen-bond acceptors (Lipinski definition) is 5. The van der Waals surface area contributed by atoms with Gasteiger partial charge in [0.05, 0.1) is 18.8 Å². The molecule has 0 fully saturated rings. The average Bonchev–Trinajstić information content (AvgIpc) is 2.86. The van der Waals surface area contributed by atoms with E-state index in [9.17, 15) is 19.8 Å². The lowest BCUT2D eigenvalue weighted by Crippen LogP contribution is -2.50. The number of rotatable bonds is 14. The maximum absolute atomic E-state index is 13.1. The van der Waals surface area contributed by atoms with Crippen molar-refractivity contribution < 1.29 is 19.8 Å². The molecule has 0 saturated carbocycles. The predicted molar refractivity (Wildman–Crippen MR) is 135 cm³/mol. The molecule has 186 valence electrons. The topological polar surface area (TPSA) is 102 Å². The quantitative estimate of drug-likeness (QED) is 0.341. The van der Waals surface area contributed by atoms with Gasteiger partial charge in [0.2, 0.25) is 0 Å². The molecule has 34 heavy (non-hydrogen) atoms. The Bertz CT molecular complexity index is 884. The van der Waals surface area contributed by atoms with Gasteiger partial charge in [0.1, 0.15) is 0 Å². The van der Waals surface area contributed by atoms with Gasteiger partial charge < -0.3 is 25.7 Å². The maximum Gasteiger partial charge on any atom is 0.253 e. The lowest BCUT2D eigenvalue weighted by Gasteiger charge is -2.26. The lowest BCUT2D eigenvalue weighted by atomic mass is 10.00. The molecule has 0 spiro atoms. The Kier molecular flexibility index (Phi) is 11.7. The van der Waals surface area contributed by atoms with E-state index in [1.165, 1.54) is 0 Å². The van der Waals surface area contributed by atoms with E-state index in [0.717, 1.165) is 18.4 Å². The van der Waals surface area contributed by atoms with Crippen molar-refractivity contribution in [3.8, 4) is 0 Å².